The smallest absolute Gasteiger partial charge is 0.375 e. The molecule has 2 rings (SSSR count). The Morgan fingerprint density at radius 3 is 2.56 bits per heavy atom. The lowest BCUT2D eigenvalue weighted by Gasteiger charge is -2.18. The average molecular weight is 255 g/mol. The zero-order chi connectivity index (χ0) is 13.3. The number of carbonyl (C=O) groups is 1. The first kappa shape index (κ1) is 12.5. The number of methoxy groups -OCH3 is 1. The molecule has 1 aromatic rings. The van der Waals surface area contributed by atoms with Gasteiger partial charge in [-0.2, -0.15) is 0 Å². The van der Waals surface area contributed by atoms with Gasteiger partial charge in [0.25, 0.3) is 0 Å². The highest BCUT2D eigenvalue weighted by molar-refractivity contribution is 5.86. The number of ether oxygens (including phenoxy) is 1. The molecule has 0 unspecified atom stereocenters. The summed E-state index contributed by atoms with van der Waals surface area (Å²) in [7, 11) is 2.67. The van der Waals surface area contributed by atoms with Gasteiger partial charge in [0.1, 0.15) is 11.6 Å². The summed E-state index contributed by atoms with van der Waals surface area (Å²) in [4.78, 5) is 16.4. The van der Waals surface area contributed by atoms with E-state index in [1.807, 2.05) is 0 Å². The molecule has 6 heteroatoms. The van der Waals surface area contributed by atoms with Gasteiger partial charge in [-0.25, -0.2) is 13.6 Å². The van der Waals surface area contributed by atoms with Crippen molar-refractivity contribution in [2.75, 3.05) is 14.2 Å². The van der Waals surface area contributed by atoms with E-state index in [1.54, 1.807) is 0 Å². The van der Waals surface area contributed by atoms with E-state index < -0.39 is 23.6 Å². The number of hydrogen-bond donors (Lipinski definition) is 0. The first-order valence-electron chi connectivity index (χ1n) is 5.19. The fraction of sp³-hybridized carbons (Fsp3) is 0.250. The molecule has 1 aliphatic heterocycles. The predicted octanol–water partition coefficient (Wildman–Crippen LogP) is 1.94. The topological polar surface area (TPSA) is 38.8 Å². The predicted molar refractivity (Wildman–Crippen MR) is 58.0 cm³/mol. The van der Waals surface area contributed by atoms with Gasteiger partial charge in [0.15, 0.2) is 0 Å². The van der Waals surface area contributed by atoms with Crippen LogP contribution < -0.4 is 0 Å². The highest BCUT2D eigenvalue weighted by Gasteiger charge is 2.33. The third-order valence-corrected chi connectivity index (χ3v) is 2.63. The lowest BCUT2D eigenvalue weighted by atomic mass is 10.1. The normalized spacial score (nSPS) is 19.3. The molecule has 0 bridgehead atoms. The van der Waals surface area contributed by atoms with Crippen LogP contribution in [0.3, 0.4) is 0 Å². The largest absolute Gasteiger partial charge is 0.463 e. The maximum atomic E-state index is 13.6. The summed E-state index contributed by atoms with van der Waals surface area (Å²) in [5.74, 6) is -2.18. The van der Waals surface area contributed by atoms with Gasteiger partial charge in [-0.1, -0.05) is 6.07 Å². The van der Waals surface area contributed by atoms with Gasteiger partial charge in [-0.15, -0.1) is 5.06 Å². The number of rotatable bonds is 2. The molecule has 0 radical (unpaired) electrons. The summed E-state index contributed by atoms with van der Waals surface area (Å²) >= 11 is 0. The zero-order valence-electron chi connectivity index (χ0n) is 9.81. The zero-order valence-corrected chi connectivity index (χ0v) is 9.81. The molecule has 96 valence electrons. The number of hydrogen-bond acceptors (Lipinski definition) is 4. The van der Waals surface area contributed by atoms with Crippen LogP contribution in [0.2, 0.25) is 0 Å². The van der Waals surface area contributed by atoms with Crippen molar-refractivity contribution in [2.24, 2.45) is 0 Å². The minimum absolute atomic E-state index is 0.0901. The molecule has 0 saturated carbocycles. The van der Waals surface area contributed by atoms with Crippen molar-refractivity contribution in [3.8, 4) is 0 Å². The summed E-state index contributed by atoms with van der Waals surface area (Å²) in [6.07, 6.45) is 1.31. The van der Waals surface area contributed by atoms with Crippen molar-refractivity contribution in [2.45, 2.75) is 6.04 Å². The molecule has 0 aliphatic carbocycles. The van der Waals surface area contributed by atoms with Crippen molar-refractivity contribution >= 4 is 5.97 Å². The SMILES string of the molecule is COC(=O)C1=C[C@@H](c2c(F)cccc2F)N(C)O1. The quantitative estimate of drug-likeness (QED) is 0.757. The Hall–Kier alpha value is -1.95. The van der Waals surface area contributed by atoms with E-state index in [0.717, 1.165) is 12.1 Å². The number of nitrogens with zero attached hydrogens (tertiary/aromatic N) is 1. The van der Waals surface area contributed by atoms with E-state index in [0.29, 0.717) is 0 Å². The van der Waals surface area contributed by atoms with Crippen LogP contribution in [0.15, 0.2) is 30.0 Å². The fourth-order valence-electron chi connectivity index (χ4n) is 1.75. The Balaban J connectivity index is 2.39. The van der Waals surface area contributed by atoms with Crippen molar-refractivity contribution in [3.63, 3.8) is 0 Å². The molecule has 1 heterocycles. The van der Waals surface area contributed by atoms with E-state index in [-0.39, 0.29) is 11.3 Å². The van der Waals surface area contributed by atoms with Crippen LogP contribution in [0.4, 0.5) is 8.78 Å². The number of esters is 1. The standard InChI is InChI=1S/C12H11F2NO3/c1-15-9(6-10(18-15)12(16)17-2)11-7(13)4-3-5-8(11)14/h3-6,9H,1-2H3/t9-/m0/s1. The summed E-state index contributed by atoms with van der Waals surface area (Å²) in [6, 6.07) is 2.77. The average Bonchev–Trinajstić information content (AvgIpc) is 2.70. The van der Waals surface area contributed by atoms with Crippen LogP contribution in [0, 0.1) is 11.6 Å². The highest BCUT2D eigenvalue weighted by Crippen LogP contribution is 2.33. The molecule has 1 aromatic carbocycles. The Kier molecular flexibility index (Phi) is 3.29. The number of halogens is 2. The lowest BCUT2D eigenvalue weighted by molar-refractivity contribution is -0.152. The van der Waals surface area contributed by atoms with Crippen LogP contribution in [0.5, 0.6) is 0 Å². The van der Waals surface area contributed by atoms with Crippen molar-refractivity contribution in [1.29, 1.82) is 0 Å². The summed E-state index contributed by atoms with van der Waals surface area (Å²) < 4.78 is 31.7. The molecule has 0 fully saturated rings. The second-order valence-corrected chi connectivity index (χ2v) is 3.74. The molecular weight excluding hydrogens is 244 g/mol. The highest BCUT2D eigenvalue weighted by atomic mass is 19.1. The number of benzene rings is 1. The minimum Gasteiger partial charge on any atom is -0.463 e. The van der Waals surface area contributed by atoms with Crippen molar-refractivity contribution in [3.05, 3.63) is 47.2 Å². The van der Waals surface area contributed by atoms with Crippen LogP contribution in [0.1, 0.15) is 11.6 Å². The number of hydroxylamine groups is 2. The first-order chi connectivity index (χ1) is 8.54. The first-order valence-corrected chi connectivity index (χ1v) is 5.19. The molecule has 1 atom stereocenters. The van der Waals surface area contributed by atoms with Gasteiger partial charge >= 0.3 is 5.97 Å². The molecule has 0 spiro atoms. The number of carbonyl (C=O) groups excluding carboxylic acids is 1. The van der Waals surface area contributed by atoms with E-state index in [1.165, 1.54) is 31.4 Å². The van der Waals surface area contributed by atoms with Crippen LogP contribution in [0.25, 0.3) is 0 Å². The third kappa shape index (κ3) is 2.06. The van der Waals surface area contributed by atoms with E-state index in [9.17, 15) is 13.6 Å². The molecular formula is C12H11F2NO3. The van der Waals surface area contributed by atoms with Gasteiger partial charge < -0.3 is 9.57 Å². The van der Waals surface area contributed by atoms with E-state index >= 15 is 0 Å². The second kappa shape index (κ2) is 4.73. The van der Waals surface area contributed by atoms with E-state index in [4.69, 9.17) is 4.84 Å². The number of likely N-dealkylation sites (N-methyl/N-ethyl adjacent to an activating group) is 1. The van der Waals surface area contributed by atoms with Crippen LogP contribution in [-0.4, -0.2) is 25.2 Å². The maximum Gasteiger partial charge on any atom is 0.375 e. The van der Waals surface area contributed by atoms with Gasteiger partial charge in [-0.05, 0) is 18.2 Å². The monoisotopic (exact) mass is 255 g/mol. The Morgan fingerprint density at radius 2 is 2.00 bits per heavy atom. The summed E-state index contributed by atoms with van der Waals surface area (Å²) in [6.45, 7) is 0. The molecule has 0 aromatic heterocycles. The van der Waals surface area contributed by atoms with Gasteiger partial charge in [-0.3, -0.25) is 0 Å². The summed E-state index contributed by atoms with van der Waals surface area (Å²) in [5, 5.41) is 1.19. The minimum atomic E-state index is -0.805. The Labute approximate surface area is 102 Å². The van der Waals surface area contributed by atoms with Crippen molar-refractivity contribution in [1.82, 2.24) is 5.06 Å². The van der Waals surface area contributed by atoms with Gasteiger partial charge in [0, 0.05) is 12.6 Å². The molecule has 1 aliphatic rings. The third-order valence-electron chi connectivity index (χ3n) is 2.63. The summed E-state index contributed by atoms with van der Waals surface area (Å²) in [5.41, 5.74) is -0.168. The maximum absolute atomic E-state index is 13.6. The molecule has 18 heavy (non-hydrogen) atoms. The second-order valence-electron chi connectivity index (χ2n) is 3.74. The van der Waals surface area contributed by atoms with Crippen LogP contribution in [-0.2, 0) is 14.4 Å². The van der Waals surface area contributed by atoms with Gasteiger partial charge in [0.05, 0.1) is 13.2 Å². The Bertz CT molecular complexity index is 496. The van der Waals surface area contributed by atoms with E-state index in [2.05, 4.69) is 4.74 Å². The van der Waals surface area contributed by atoms with Crippen LogP contribution >= 0.6 is 0 Å². The molecule has 4 nitrogen and oxygen atoms in total. The van der Waals surface area contributed by atoms with Gasteiger partial charge in [0.2, 0.25) is 5.76 Å². The molecule has 0 saturated heterocycles. The van der Waals surface area contributed by atoms with Crippen molar-refractivity contribution < 1.29 is 23.1 Å². The lowest BCUT2D eigenvalue weighted by Crippen LogP contribution is -2.20. The Morgan fingerprint density at radius 1 is 1.39 bits per heavy atom. The molecule has 0 amide bonds. The fourth-order valence-corrected chi connectivity index (χ4v) is 1.75. The molecule has 0 N–H and O–H groups in total.